The predicted octanol–water partition coefficient (Wildman–Crippen LogP) is 4.58. The Balaban J connectivity index is 2.02. The molecule has 1 aromatic heterocycles. The first kappa shape index (κ1) is 19.2. The average molecular weight is 364 g/mol. The zero-order valence-electron chi connectivity index (χ0n) is 16.5. The molecule has 0 radical (unpaired) electrons. The molecule has 0 aliphatic heterocycles. The van der Waals surface area contributed by atoms with Crippen molar-refractivity contribution in [2.45, 2.75) is 46.2 Å². The molecule has 0 aliphatic carbocycles. The Morgan fingerprint density at radius 2 is 1.63 bits per heavy atom. The highest BCUT2D eigenvalue weighted by Crippen LogP contribution is 2.27. The van der Waals surface area contributed by atoms with Crippen molar-refractivity contribution in [3.05, 3.63) is 64.5 Å². The molecule has 0 fully saturated rings. The highest BCUT2D eigenvalue weighted by atomic mass is 16.4. The van der Waals surface area contributed by atoms with Gasteiger partial charge in [0.25, 0.3) is 0 Å². The summed E-state index contributed by atoms with van der Waals surface area (Å²) in [5, 5.41) is 0.923. The smallest absolute Gasteiger partial charge is 0.344 e. The minimum Gasteiger partial charge on any atom is -0.422 e. The van der Waals surface area contributed by atoms with Crippen molar-refractivity contribution in [3.63, 3.8) is 0 Å². The third kappa shape index (κ3) is 4.06. The maximum Gasteiger partial charge on any atom is 0.344 e. The third-order valence-corrected chi connectivity index (χ3v) is 4.83. The number of fused-ring (bicyclic) bond motifs is 1. The van der Waals surface area contributed by atoms with Crippen LogP contribution in [0.4, 0.5) is 5.69 Å². The fourth-order valence-electron chi connectivity index (χ4n) is 3.67. The van der Waals surface area contributed by atoms with E-state index in [-0.39, 0.29) is 5.63 Å². The van der Waals surface area contributed by atoms with Crippen molar-refractivity contribution in [1.29, 1.82) is 0 Å². The molecule has 4 nitrogen and oxygen atoms in total. The maximum atomic E-state index is 12.6. The summed E-state index contributed by atoms with van der Waals surface area (Å²) in [6, 6.07) is 16.7. The second kappa shape index (κ2) is 7.97. The zero-order chi connectivity index (χ0) is 19.6. The highest BCUT2D eigenvalue weighted by molar-refractivity contribution is 5.84. The molecular weight excluding hydrogens is 336 g/mol. The Hall–Kier alpha value is -2.59. The third-order valence-electron chi connectivity index (χ3n) is 4.83. The molecule has 3 rings (SSSR count). The Bertz CT molecular complexity index is 964. The maximum absolute atomic E-state index is 12.6. The minimum atomic E-state index is -0.313. The first-order chi connectivity index (χ1) is 12.9. The van der Waals surface area contributed by atoms with Crippen LogP contribution in [0.15, 0.2) is 57.7 Å². The SMILES string of the molecule is CC(C)N(c1ccc2cc(-c3ccc(CCN)cc3)c(=O)oc2c1)C(C)C. The lowest BCUT2D eigenvalue weighted by atomic mass is 10.0. The summed E-state index contributed by atoms with van der Waals surface area (Å²) in [5.41, 5.74) is 9.58. The Kier molecular flexibility index (Phi) is 5.66. The van der Waals surface area contributed by atoms with E-state index in [4.69, 9.17) is 10.2 Å². The van der Waals surface area contributed by atoms with Crippen LogP contribution in [0.2, 0.25) is 0 Å². The van der Waals surface area contributed by atoms with Crippen LogP contribution in [0.25, 0.3) is 22.1 Å². The number of nitrogens with two attached hydrogens (primary N) is 1. The summed E-state index contributed by atoms with van der Waals surface area (Å²) in [7, 11) is 0. The normalized spacial score (nSPS) is 11.5. The van der Waals surface area contributed by atoms with Gasteiger partial charge >= 0.3 is 5.63 Å². The summed E-state index contributed by atoms with van der Waals surface area (Å²) in [6.07, 6.45) is 0.831. The fourth-order valence-corrected chi connectivity index (χ4v) is 3.67. The van der Waals surface area contributed by atoms with Crippen LogP contribution >= 0.6 is 0 Å². The number of nitrogens with zero attached hydrogens (tertiary/aromatic N) is 1. The molecule has 142 valence electrons. The average Bonchev–Trinajstić information content (AvgIpc) is 2.61. The van der Waals surface area contributed by atoms with Gasteiger partial charge in [0.15, 0.2) is 0 Å². The molecule has 0 amide bonds. The largest absolute Gasteiger partial charge is 0.422 e. The molecule has 0 spiro atoms. The van der Waals surface area contributed by atoms with Gasteiger partial charge in [-0.25, -0.2) is 4.79 Å². The van der Waals surface area contributed by atoms with Crippen LogP contribution in [-0.2, 0) is 6.42 Å². The van der Waals surface area contributed by atoms with Crippen molar-refractivity contribution in [2.24, 2.45) is 5.73 Å². The minimum absolute atomic E-state index is 0.313. The Labute approximate surface area is 160 Å². The standard InChI is InChI=1S/C23H28N2O2/c1-15(2)25(16(3)4)20-10-9-19-13-21(23(26)27-22(19)14-20)18-7-5-17(6-8-18)11-12-24/h5-10,13-16H,11-12,24H2,1-4H3. The topological polar surface area (TPSA) is 59.5 Å². The quantitative estimate of drug-likeness (QED) is 0.650. The van der Waals surface area contributed by atoms with Gasteiger partial charge in [-0.3, -0.25) is 0 Å². The van der Waals surface area contributed by atoms with Crippen molar-refractivity contribution in [2.75, 3.05) is 11.4 Å². The number of benzene rings is 2. The monoisotopic (exact) mass is 364 g/mol. The number of anilines is 1. The molecule has 2 aromatic carbocycles. The molecule has 1 heterocycles. The van der Waals surface area contributed by atoms with Crippen LogP contribution in [0, 0.1) is 0 Å². The van der Waals surface area contributed by atoms with E-state index in [1.807, 2.05) is 42.5 Å². The molecule has 2 N–H and O–H groups in total. The van der Waals surface area contributed by atoms with E-state index in [1.54, 1.807) is 0 Å². The van der Waals surface area contributed by atoms with Gasteiger partial charge in [-0.05, 0) is 70.0 Å². The lowest BCUT2D eigenvalue weighted by molar-refractivity contribution is 0.562. The molecule has 0 aliphatic rings. The zero-order valence-corrected chi connectivity index (χ0v) is 16.5. The van der Waals surface area contributed by atoms with E-state index in [9.17, 15) is 4.79 Å². The molecule has 0 bridgehead atoms. The summed E-state index contributed by atoms with van der Waals surface area (Å²) in [4.78, 5) is 14.9. The summed E-state index contributed by atoms with van der Waals surface area (Å²) in [5.74, 6) is 0. The summed E-state index contributed by atoms with van der Waals surface area (Å²) in [6.45, 7) is 9.27. The van der Waals surface area contributed by atoms with Crippen LogP contribution in [-0.4, -0.2) is 18.6 Å². The van der Waals surface area contributed by atoms with Gasteiger partial charge in [0.05, 0.1) is 5.56 Å². The van der Waals surface area contributed by atoms with E-state index in [2.05, 4.69) is 38.7 Å². The van der Waals surface area contributed by atoms with Crippen LogP contribution in [0.3, 0.4) is 0 Å². The van der Waals surface area contributed by atoms with Gasteiger partial charge in [0.2, 0.25) is 0 Å². The van der Waals surface area contributed by atoms with Gasteiger partial charge in [0.1, 0.15) is 5.58 Å². The van der Waals surface area contributed by atoms with Crippen molar-refractivity contribution >= 4 is 16.7 Å². The highest BCUT2D eigenvalue weighted by Gasteiger charge is 2.16. The Morgan fingerprint density at radius 3 is 2.22 bits per heavy atom. The van der Waals surface area contributed by atoms with Crippen LogP contribution in [0.1, 0.15) is 33.3 Å². The van der Waals surface area contributed by atoms with Crippen molar-refractivity contribution in [3.8, 4) is 11.1 Å². The first-order valence-corrected chi connectivity index (χ1v) is 9.56. The van der Waals surface area contributed by atoms with Crippen molar-refractivity contribution < 1.29 is 4.42 Å². The lowest BCUT2D eigenvalue weighted by Crippen LogP contribution is -2.36. The molecular formula is C23H28N2O2. The second-order valence-corrected chi connectivity index (χ2v) is 7.50. The number of hydrogen-bond donors (Lipinski definition) is 1. The molecule has 4 heteroatoms. The second-order valence-electron chi connectivity index (χ2n) is 7.50. The van der Waals surface area contributed by atoms with E-state index in [0.717, 1.165) is 23.1 Å². The van der Waals surface area contributed by atoms with E-state index < -0.39 is 0 Å². The molecule has 27 heavy (non-hydrogen) atoms. The van der Waals surface area contributed by atoms with Gasteiger partial charge in [-0.2, -0.15) is 0 Å². The van der Waals surface area contributed by atoms with E-state index in [1.165, 1.54) is 5.56 Å². The number of rotatable bonds is 6. The molecule has 0 saturated heterocycles. The van der Waals surface area contributed by atoms with E-state index >= 15 is 0 Å². The van der Waals surface area contributed by atoms with Gasteiger partial charge < -0.3 is 15.1 Å². The van der Waals surface area contributed by atoms with Crippen LogP contribution in [0.5, 0.6) is 0 Å². The first-order valence-electron chi connectivity index (χ1n) is 9.56. The molecule has 0 unspecified atom stereocenters. The summed E-state index contributed by atoms with van der Waals surface area (Å²) < 4.78 is 5.67. The predicted molar refractivity (Wildman–Crippen MR) is 113 cm³/mol. The van der Waals surface area contributed by atoms with Crippen LogP contribution < -0.4 is 16.3 Å². The van der Waals surface area contributed by atoms with E-state index in [0.29, 0.717) is 29.8 Å². The van der Waals surface area contributed by atoms with Gasteiger partial charge in [-0.15, -0.1) is 0 Å². The molecule has 3 aromatic rings. The fraction of sp³-hybridized carbons (Fsp3) is 0.348. The Morgan fingerprint density at radius 1 is 0.963 bits per heavy atom. The van der Waals surface area contributed by atoms with Crippen molar-refractivity contribution in [1.82, 2.24) is 0 Å². The molecule has 0 saturated carbocycles. The van der Waals surface area contributed by atoms with Gasteiger partial charge in [-0.1, -0.05) is 24.3 Å². The lowest BCUT2D eigenvalue weighted by Gasteiger charge is -2.33. The molecule has 0 atom stereocenters. The number of hydrogen-bond acceptors (Lipinski definition) is 4. The summed E-state index contributed by atoms with van der Waals surface area (Å²) >= 11 is 0. The van der Waals surface area contributed by atoms with Gasteiger partial charge in [0, 0.05) is 29.2 Å².